The maximum Gasteiger partial charge on any atom is 0.306 e. The van der Waals surface area contributed by atoms with E-state index in [1.807, 2.05) is 44.2 Å². The van der Waals surface area contributed by atoms with Crippen LogP contribution in [0.1, 0.15) is 25.8 Å². The molecule has 0 unspecified atom stereocenters. The summed E-state index contributed by atoms with van der Waals surface area (Å²) in [6.07, 6.45) is 0.537. The van der Waals surface area contributed by atoms with Crippen LogP contribution in [-0.2, 0) is 20.7 Å². The van der Waals surface area contributed by atoms with Gasteiger partial charge in [-0.15, -0.1) is 0 Å². The van der Waals surface area contributed by atoms with Crippen LogP contribution < -0.4 is 19.1 Å². The molecule has 7 nitrogen and oxygen atoms in total. The third-order valence-corrected chi connectivity index (χ3v) is 4.52. The number of carbonyl (C=O) groups is 2. The monoisotopic (exact) mass is 415 g/mol. The summed E-state index contributed by atoms with van der Waals surface area (Å²) in [4.78, 5) is 26.4. The molecule has 0 spiro atoms. The highest BCUT2D eigenvalue weighted by atomic mass is 16.5. The van der Waals surface area contributed by atoms with Gasteiger partial charge in [0.05, 0.1) is 21.3 Å². The maximum absolute atomic E-state index is 12.6. The Labute approximate surface area is 177 Å². The summed E-state index contributed by atoms with van der Waals surface area (Å²) in [6, 6.07) is 12.8. The second-order valence-electron chi connectivity index (χ2n) is 6.89. The van der Waals surface area contributed by atoms with Crippen LogP contribution in [0.15, 0.2) is 42.5 Å². The molecule has 162 valence electrons. The molecule has 1 amide bonds. The lowest BCUT2D eigenvalue weighted by Gasteiger charge is -2.26. The first-order valence-corrected chi connectivity index (χ1v) is 9.72. The largest absolute Gasteiger partial charge is 0.493 e. The van der Waals surface area contributed by atoms with E-state index in [1.54, 1.807) is 17.0 Å². The zero-order valence-corrected chi connectivity index (χ0v) is 18.1. The van der Waals surface area contributed by atoms with Gasteiger partial charge in [0.15, 0.2) is 18.1 Å². The third kappa shape index (κ3) is 5.89. The second kappa shape index (κ2) is 11.1. The standard InChI is InChI=1S/C23H29NO6/c1-16(2)24(18-9-7-6-8-10-18)21(25)15-30-22(26)12-11-17-13-19(27-3)23(29-5)20(14-17)28-4/h6-10,13-14,16H,11-12,15H2,1-5H3. The van der Waals surface area contributed by atoms with Gasteiger partial charge in [-0.2, -0.15) is 0 Å². The molecule has 0 atom stereocenters. The van der Waals surface area contributed by atoms with Crippen molar-refractivity contribution in [3.63, 3.8) is 0 Å². The summed E-state index contributed by atoms with van der Waals surface area (Å²) in [7, 11) is 4.60. The van der Waals surface area contributed by atoms with Gasteiger partial charge < -0.3 is 23.8 Å². The number of aryl methyl sites for hydroxylation is 1. The van der Waals surface area contributed by atoms with Crippen LogP contribution in [0.3, 0.4) is 0 Å². The van der Waals surface area contributed by atoms with Gasteiger partial charge >= 0.3 is 5.97 Å². The van der Waals surface area contributed by atoms with E-state index in [-0.39, 0.29) is 25.0 Å². The lowest BCUT2D eigenvalue weighted by atomic mass is 10.1. The van der Waals surface area contributed by atoms with Crippen LogP contribution in [0.2, 0.25) is 0 Å². The molecular formula is C23H29NO6. The van der Waals surface area contributed by atoms with E-state index in [0.29, 0.717) is 23.7 Å². The van der Waals surface area contributed by atoms with Crippen molar-refractivity contribution in [2.45, 2.75) is 32.7 Å². The van der Waals surface area contributed by atoms with Gasteiger partial charge in [0.2, 0.25) is 5.75 Å². The molecule has 30 heavy (non-hydrogen) atoms. The number of rotatable bonds is 10. The Kier molecular flexibility index (Phi) is 8.53. The Hall–Kier alpha value is -3.22. The summed E-state index contributed by atoms with van der Waals surface area (Å²) < 4.78 is 21.2. The zero-order chi connectivity index (χ0) is 22.1. The fourth-order valence-corrected chi connectivity index (χ4v) is 3.13. The summed E-state index contributed by atoms with van der Waals surface area (Å²) in [6.45, 7) is 3.52. The SMILES string of the molecule is COc1cc(CCC(=O)OCC(=O)N(c2ccccc2)C(C)C)cc(OC)c1OC. The highest BCUT2D eigenvalue weighted by Gasteiger charge is 2.20. The molecule has 0 aliphatic heterocycles. The zero-order valence-electron chi connectivity index (χ0n) is 18.1. The first-order chi connectivity index (χ1) is 14.4. The minimum Gasteiger partial charge on any atom is -0.493 e. The average molecular weight is 415 g/mol. The molecule has 0 heterocycles. The molecule has 2 rings (SSSR count). The normalized spacial score (nSPS) is 10.5. The number of methoxy groups -OCH3 is 3. The van der Waals surface area contributed by atoms with Gasteiger partial charge in [0.1, 0.15) is 0 Å². The Morgan fingerprint density at radius 1 is 0.933 bits per heavy atom. The second-order valence-corrected chi connectivity index (χ2v) is 6.89. The average Bonchev–Trinajstić information content (AvgIpc) is 2.75. The van der Waals surface area contributed by atoms with Crippen molar-refractivity contribution in [3.8, 4) is 17.2 Å². The molecule has 0 fully saturated rings. The topological polar surface area (TPSA) is 74.3 Å². The molecular weight excluding hydrogens is 386 g/mol. The van der Waals surface area contributed by atoms with Crippen LogP contribution >= 0.6 is 0 Å². The predicted molar refractivity (Wildman–Crippen MR) is 114 cm³/mol. The molecule has 0 aromatic heterocycles. The number of amides is 1. The quantitative estimate of drug-likeness (QED) is 0.552. The number of ether oxygens (including phenoxy) is 4. The fourth-order valence-electron chi connectivity index (χ4n) is 3.13. The van der Waals surface area contributed by atoms with Crippen molar-refractivity contribution < 1.29 is 28.5 Å². The molecule has 0 aliphatic carbocycles. The van der Waals surface area contributed by atoms with E-state index in [2.05, 4.69) is 0 Å². The minimum atomic E-state index is -0.450. The van der Waals surface area contributed by atoms with Crippen LogP contribution in [0.25, 0.3) is 0 Å². The van der Waals surface area contributed by atoms with Gasteiger partial charge in [0, 0.05) is 18.2 Å². The molecule has 2 aromatic rings. The van der Waals surface area contributed by atoms with E-state index < -0.39 is 5.97 Å². The Bertz CT molecular complexity index is 825. The van der Waals surface area contributed by atoms with Gasteiger partial charge in [-0.05, 0) is 50.1 Å². The van der Waals surface area contributed by atoms with E-state index in [9.17, 15) is 9.59 Å². The lowest BCUT2D eigenvalue weighted by Crippen LogP contribution is -2.39. The number of carbonyl (C=O) groups excluding carboxylic acids is 2. The summed E-state index contributed by atoms with van der Waals surface area (Å²) in [5.41, 5.74) is 1.60. The highest BCUT2D eigenvalue weighted by Crippen LogP contribution is 2.38. The van der Waals surface area contributed by atoms with Crippen LogP contribution in [0.5, 0.6) is 17.2 Å². The third-order valence-electron chi connectivity index (χ3n) is 4.52. The van der Waals surface area contributed by atoms with Crippen LogP contribution in [0, 0.1) is 0 Å². The molecule has 0 radical (unpaired) electrons. The fraction of sp³-hybridized carbons (Fsp3) is 0.391. The Balaban J connectivity index is 1.95. The first-order valence-electron chi connectivity index (χ1n) is 9.72. The van der Waals surface area contributed by atoms with Crippen LogP contribution in [-0.4, -0.2) is 45.9 Å². The van der Waals surface area contributed by atoms with Crippen molar-refractivity contribution in [1.29, 1.82) is 0 Å². The van der Waals surface area contributed by atoms with E-state index in [4.69, 9.17) is 18.9 Å². The summed E-state index contributed by atoms with van der Waals surface area (Å²) in [5.74, 6) is 0.814. The van der Waals surface area contributed by atoms with Crippen LogP contribution in [0.4, 0.5) is 5.69 Å². The van der Waals surface area contributed by atoms with Crippen molar-refractivity contribution >= 4 is 17.6 Å². The van der Waals surface area contributed by atoms with Gasteiger partial charge in [0.25, 0.3) is 5.91 Å². The molecule has 0 saturated heterocycles. The number of hydrogen-bond acceptors (Lipinski definition) is 6. The minimum absolute atomic E-state index is 0.0576. The number of esters is 1. The smallest absolute Gasteiger partial charge is 0.306 e. The maximum atomic E-state index is 12.6. The molecule has 0 saturated carbocycles. The molecule has 0 bridgehead atoms. The number of hydrogen-bond donors (Lipinski definition) is 0. The molecule has 0 aliphatic rings. The summed E-state index contributed by atoms with van der Waals surface area (Å²) in [5, 5.41) is 0. The number of nitrogens with zero attached hydrogens (tertiary/aromatic N) is 1. The number of para-hydroxylation sites is 1. The first kappa shape index (κ1) is 23.1. The number of benzene rings is 2. The molecule has 0 N–H and O–H groups in total. The summed E-state index contributed by atoms with van der Waals surface area (Å²) >= 11 is 0. The van der Waals surface area contributed by atoms with Gasteiger partial charge in [-0.3, -0.25) is 9.59 Å². The highest BCUT2D eigenvalue weighted by molar-refractivity contribution is 5.95. The van der Waals surface area contributed by atoms with Crippen molar-refractivity contribution in [1.82, 2.24) is 0 Å². The lowest BCUT2D eigenvalue weighted by molar-refractivity contribution is -0.147. The molecule has 2 aromatic carbocycles. The van der Waals surface area contributed by atoms with E-state index in [1.165, 1.54) is 21.3 Å². The van der Waals surface area contributed by atoms with Gasteiger partial charge in [-0.1, -0.05) is 18.2 Å². The predicted octanol–water partition coefficient (Wildman–Crippen LogP) is 3.63. The van der Waals surface area contributed by atoms with E-state index in [0.717, 1.165) is 11.3 Å². The Morgan fingerprint density at radius 3 is 2.03 bits per heavy atom. The van der Waals surface area contributed by atoms with Gasteiger partial charge in [-0.25, -0.2) is 0 Å². The van der Waals surface area contributed by atoms with Crippen molar-refractivity contribution in [2.75, 3.05) is 32.8 Å². The van der Waals surface area contributed by atoms with Crippen molar-refractivity contribution in [3.05, 3.63) is 48.0 Å². The Morgan fingerprint density at radius 2 is 1.53 bits per heavy atom. The molecule has 7 heteroatoms. The number of anilines is 1. The van der Waals surface area contributed by atoms with E-state index >= 15 is 0 Å². The van der Waals surface area contributed by atoms with Crippen molar-refractivity contribution in [2.24, 2.45) is 0 Å².